The number of nitrogens with two attached hydrogens (primary N) is 1. The van der Waals surface area contributed by atoms with E-state index in [-0.39, 0.29) is 12.1 Å². The zero-order chi connectivity index (χ0) is 31.2. The molecule has 230 valence electrons. The molecule has 10 nitrogen and oxygen atoms in total. The van der Waals surface area contributed by atoms with E-state index >= 15 is 0 Å². The largest absolute Gasteiger partial charge is 0.487 e. The predicted octanol–water partition coefficient (Wildman–Crippen LogP) is 7.01. The van der Waals surface area contributed by atoms with Crippen molar-refractivity contribution in [3.05, 3.63) is 90.8 Å². The molecule has 3 aromatic carbocycles. The lowest BCUT2D eigenvalue weighted by Crippen LogP contribution is -2.53. The third kappa shape index (κ3) is 5.63. The van der Waals surface area contributed by atoms with Gasteiger partial charge in [-0.1, -0.05) is 36.4 Å². The van der Waals surface area contributed by atoms with Crippen molar-refractivity contribution >= 4 is 22.9 Å². The summed E-state index contributed by atoms with van der Waals surface area (Å²) in [6.07, 6.45) is 3.19. The van der Waals surface area contributed by atoms with Crippen LogP contribution in [0.3, 0.4) is 0 Å². The Morgan fingerprint density at radius 3 is 2.36 bits per heavy atom. The van der Waals surface area contributed by atoms with E-state index in [1.807, 2.05) is 98.2 Å². The standard InChI is InChI=1S/C35H36N6O4/c1-34(2,3)45-33(42)40-19-17-35(18-20-40)21-27(26-11-7-8-12-28(26)44-35)41-32-29(31(36)37-22-38-32)30(39-41)23-13-15-25(16-14-23)43-24-9-5-4-6-10-24/h4-16,22,27H,17-21H2,1-3H3,(H2,36,37,38). The Kier molecular flexibility index (Phi) is 7.07. The van der Waals surface area contributed by atoms with Gasteiger partial charge in [0.05, 0.1) is 11.4 Å². The van der Waals surface area contributed by atoms with Crippen molar-refractivity contribution in [3.63, 3.8) is 0 Å². The highest BCUT2D eigenvalue weighted by Gasteiger charge is 2.46. The molecule has 4 heterocycles. The average molecular weight is 605 g/mol. The number of piperidine rings is 1. The number of rotatable bonds is 4. The molecule has 1 atom stereocenters. The number of likely N-dealkylation sites (tertiary alicyclic amines) is 1. The second kappa shape index (κ2) is 11.1. The van der Waals surface area contributed by atoms with E-state index in [9.17, 15) is 4.79 Å². The molecule has 0 aliphatic carbocycles. The third-order valence-electron chi connectivity index (χ3n) is 8.42. The number of nitrogen functional groups attached to an aromatic ring is 1. The summed E-state index contributed by atoms with van der Waals surface area (Å²) in [6, 6.07) is 25.4. The van der Waals surface area contributed by atoms with Crippen LogP contribution in [0.1, 0.15) is 51.6 Å². The van der Waals surface area contributed by atoms with Gasteiger partial charge in [-0.3, -0.25) is 0 Å². The minimum absolute atomic E-state index is 0.172. The maximum absolute atomic E-state index is 12.8. The molecule has 1 saturated heterocycles. The SMILES string of the molecule is CC(C)(C)OC(=O)N1CCC2(CC1)CC(n1nc(-c3ccc(Oc4ccccc4)cc3)c3c(N)ncnc31)c1ccccc1O2. The van der Waals surface area contributed by atoms with Gasteiger partial charge in [-0.15, -0.1) is 0 Å². The second-order valence-electron chi connectivity index (χ2n) is 12.7. The van der Waals surface area contributed by atoms with Crippen LogP contribution in [0.2, 0.25) is 0 Å². The molecule has 1 unspecified atom stereocenters. The molecule has 2 N–H and O–H groups in total. The first kappa shape index (κ1) is 28.6. The summed E-state index contributed by atoms with van der Waals surface area (Å²) in [5.41, 5.74) is 8.72. The van der Waals surface area contributed by atoms with Crippen LogP contribution in [0.4, 0.5) is 10.6 Å². The molecule has 2 aliphatic rings. The number of hydrogen-bond acceptors (Lipinski definition) is 8. The Hall–Kier alpha value is -5.12. The number of ether oxygens (including phenoxy) is 3. The van der Waals surface area contributed by atoms with E-state index in [1.165, 1.54) is 6.33 Å². The number of carbonyl (C=O) groups is 1. The van der Waals surface area contributed by atoms with Gasteiger partial charge in [-0.2, -0.15) is 5.10 Å². The second-order valence-corrected chi connectivity index (χ2v) is 12.7. The van der Waals surface area contributed by atoms with Gasteiger partial charge in [0.2, 0.25) is 0 Å². The number of benzene rings is 3. The molecule has 2 aromatic heterocycles. The number of nitrogens with zero attached hydrogens (tertiary/aromatic N) is 5. The van der Waals surface area contributed by atoms with E-state index in [1.54, 1.807) is 4.90 Å². The Morgan fingerprint density at radius 1 is 0.933 bits per heavy atom. The van der Waals surface area contributed by atoms with Crippen molar-refractivity contribution in [2.45, 2.75) is 57.3 Å². The molecular weight excluding hydrogens is 568 g/mol. The topological polar surface area (TPSA) is 118 Å². The molecule has 7 rings (SSSR count). The van der Waals surface area contributed by atoms with Crippen LogP contribution >= 0.6 is 0 Å². The van der Waals surface area contributed by atoms with Gasteiger partial charge in [-0.05, 0) is 63.2 Å². The van der Waals surface area contributed by atoms with Crippen LogP contribution in [-0.2, 0) is 4.74 Å². The van der Waals surface area contributed by atoms with Gasteiger partial charge in [0.25, 0.3) is 0 Å². The molecule has 0 bridgehead atoms. The Balaban J connectivity index is 1.23. The van der Waals surface area contributed by atoms with Crippen molar-refractivity contribution in [3.8, 4) is 28.5 Å². The molecule has 1 fully saturated rings. The van der Waals surface area contributed by atoms with Crippen LogP contribution in [0.25, 0.3) is 22.3 Å². The number of carbonyl (C=O) groups excluding carboxylic acids is 1. The lowest BCUT2D eigenvalue weighted by atomic mass is 9.80. The third-order valence-corrected chi connectivity index (χ3v) is 8.42. The summed E-state index contributed by atoms with van der Waals surface area (Å²) in [5.74, 6) is 2.67. The number of anilines is 1. The first-order valence-corrected chi connectivity index (χ1v) is 15.3. The fourth-order valence-electron chi connectivity index (χ4n) is 6.25. The van der Waals surface area contributed by atoms with Crippen LogP contribution < -0.4 is 15.2 Å². The molecule has 2 aliphatic heterocycles. The van der Waals surface area contributed by atoms with Gasteiger partial charge < -0.3 is 24.8 Å². The fraction of sp³-hybridized carbons (Fsp3) is 0.314. The molecule has 5 aromatic rings. The van der Waals surface area contributed by atoms with E-state index < -0.39 is 11.2 Å². The number of fused-ring (bicyclic) bond motifs is 2. The van der Waals surface area contributed by atoms with Gasteiger partial charge in [-0.25, -0.2) is 19.4 Å². The molecule has 0 saturated carbocycles. The maximum atomic E-state index is 12.8. The lowest BCUT2D eigenvalue weighted by Gasteiger charge is -2.46. The quantitative estimate of drug-likeness (QED) is 0.233. The highest BCUT2D eigenvalue weighted by molar-refractivity contribution is 5.98. The number of amides is 1. The van der Waals surface area contributed by atoms with Crippen molar-refractivity contribution in [1.82, 2.24) is 24.6 Å². The number of para-hydroxylation sites is 2. The fourth-order valence-corrected chi connectivity index (χ4v) is 6.25. The smallest absolute Gasteiger partial charge is 0.410 e. The Labute approximate surface area is 261 Å². The van der Waals surface area contributed by atoms with Crippen molar-refractivity contribution in [2.75, 3.05) is 18.8 Å². The molecule has 10 heteroatoms. The lowest BCUT2D eigenvalue weighted by molar-refractivity contribution is -0.0348. The van der Waals surface area contributed by atoms with Crippen LogP contribution in [0, 0.1) is 0 Å². The number of aromatic nitrogens is 4. The summed E-state index contributed by atoms with van der Waals surface area (Å²) in [5, 5.41) is 5.87. The van der Waals surface area contributed by atoms with Gasteiger partial charge >= 0.3 is 6.09 Å². The number of hydrogen-bond donors (Lipinski definition) is 1. The monoisotopic (exact) mass is 604 g/mol. The van der Waals surface area contributed by atoms with E-state index in [0.717, 1.165) is 28.4 Å². The molecule has 1 amide bonds. The van der Waals surface area contributed by atoms with Gasteiger partial charge in [0, 0.05) is 43.5 Å². The molecule has 0 radical (unpaired) electrons. The molecule has 45 heavy (non-hydrogen) atoms. The zero-order valence-electron chi connectivity index (χ0n) is 25.6. The first-order chi connectivity index (χ1) is 21.7. The van der Waals surface area contributed by atoms with Crippen molar-refractivity contribution in [2.24, 2.45) is 0 Å². The average Bonchev–Trinajstić information content (AvgIpc) is 3.42. The predicted molar refractivity (Wildman–Crippen MR) is 171 cm³/mol. The summed E-state index contributed by atoms with van der Waals surface area (Å²) in [4.78, 5) is 23.6. The Morgan fingerprint density at radius 2 is 1.62 bits per heavy atom. The highest BCUT2D eigenvalue weighted by atomic mass is 16.6. The van der Waals surface area contributed by atoms with Crippen LogP contribution in [0.5, 0.6) is 17.2 Å². The highest BCUT2D eigenvalue weighted by Crippen LogP contribution is 2.47. The van der Waals surface area contributed by atoms with Gasteiger partial charge in [0.15, 0.2) is 5.65 Å². The van der Waals surface area contributed by atoms with Crippen LogP contribution in [-0.4, -0.2) is 55.0 Å². The van der Waals surface area contributed by atoms with Crippen molar-refractivity contribution < 1.29 is 19.0 Å². The summed E-state index contributed by atoms with van der Waals surface area (Å²) >= 11 is 0. The normalized spacial score (nSPS) is 17.5. The van der Waals surface area contributed by atoms with Crippen molar-refractivity contribution in [1.29, 1.82) is 0 Å². The zero-order valence-corrected chi connectivity index (χ0v) is 25.6. The summed E-state index contributed by atoms with van der Waals surface area (Å²) < 4.78 is 20.4. The minimum Gasteiger partial charge on any atom is -0.487 e. The molecular formula is C35H36N6O4. The summed E-state index contributed by atoms with van der Waals surface area (Å²) in [7, 11) is 0. The minimum atomic E-state index is -0.546. The first-order valence-electron chi connectivity index (χ1n) is 15.3. The maximum Gasteiger partial charge on any atom is 0.410 e. The van der Waals surface area contributed by atoms with E-state index in [4.69, 9.17) is 25.0 Å². The van der Waals surface area contributed by atoms with Crippen LogP contribution in [0.15, 0.2) is 85.2 Å². The Bertz CT molecular complexity index is 1840. The van der Waals surface area contributed by atoms with E-state index in [2.05, 4.69) is 16.0 Å². The van der Waals surface area contributed by atoms with E-state index in [0.29, 0.717) is 54.9 Å². The molecule has 1 spiro atoms. The van der Waals surface area contributed by atoms with Gasteiger partial charge in [0.1, 0.15) is 46.3 Å². The summed E-state index contributed by atoms with van der Waals surface area (Å²) in [6.45, 7) is 6.73.